The molecular weight excluding hydrogens is 318 g/mol. The van der Waals surface area contributed by atoms with Gasteiger partial charge >= 0.3 is 0 Å². The third-order valence-electron chi connectivity index (χ3n) is 3.33. The maximum atomic E-state index is 12.2. The van der Waals surface area contributed by atoms with Crippen molar-refractivity contribution in [2.24, 2.45) is 0 Å². The summed E-state index contributed by atoms with van der Waals surface area (Å²) in [7, 11) is -3.42. The molecule has 1 amide bonds. The number of sulfone groups is 1. The predicted octanol–water partition coefficient (Wildman–Crippen LogP) is 3.10. The van der Waals surface area contributed by atoms with E-state index in [0.717, 1.165) is 10.4 Å². The molecule has 0 saturated heterocycles. The number of carbonyl (C=O) groups excluding carboxylic acids is 1. The fourth-order valence-electron chi connectivity index (χ4n) is 2.01. The smallest absolute Gasteiger partial charge is 0.221 e. The first-order valence-electron chi connectivity index (χ1n) is 7.01. The van der Waals surface area contributed by atoms with Gasteiger partial charge in [-0.1, -0.05) is 23.8 Å². The maximum absolute atomic E-state index is 12.2. The van der Waals surface area contributed by atoms with Crippen LogP contribution in [0.1, 0.15) is 29.8 Å². The fraction of sp³-hybridized carbons (Fsp3) is 0.312. The minimum absolute atomic E-state index is 0.0358. The van der Waals surface area contributed by atoms with Crippen molar-refractivity contribution >= 4 is 27.1 Å². The fourth-order valence-corrected chi connectivity index (χ4v) is 3.99. The van der Waals surface area contributed by atoms with Crippen molar-refractivity contribution in [1.29, 1.82) is 0 Å². The summed E-state index contributed by atoms with van der Waals surface area (Å²) in [6, 6.07) is 10.4. The normalized spacial score (nSPS) is 12.8. The van der Waals surface area contributed by atoms with Gasteiger partial charge in [-0.25, -0.2) is 8.42 Å². The van der Waals surface area contributed by atoms with Gasteiger partial charge in [0.05, 0.1) is 16.7 Å². The van der Waals surface area contributed by atoms with Gasteiger partial charge in [0.15, 0.2) is 9.84 Å². The molecule has 118 valence electrons. The summed E-state index contributed by atoms with van der Waals surface area (Å²) >= 11 is 1.56. The first-order valence-corrected chi connectivity index (χ1v) is 9.54. The lowest BCUT2D eigenvalue weighted by molar-refractivity contribution is -0.121. The molecule has 0 spiro atoms. The van der Waals surface area contributed by atoms with E-state index in [0.29, 0.717) is 0 Å². The van der Waals surface area contributed by atoms with Crippen LogP contribution in [0.25, 0.3) is 0 Å². The summed E-state index contributed by atoms with van der Waals surface area (Å²) in [6.07, 6.45) is -0.0358. The molecule has 1 atom stereocenters. The topological polar surface area (TPSA) is 63.2 Å². The molecule has 6 heteroatoms. The molecule has 2 rings (SSSR count). The maximum Gasteiger partial charge on any atom is 0.221 e. The molecular formula is C16H19NO3S2. The molecule has 1 N–H and O–H groups in total. The summed E-state index contributed by atoms with van der Waals surface area (Å²) in [6.45, 7) is 3.79. The Labute approximate surface area is 135 Å². The van der Waals surface area contributed by atoms with Crippen molar-refractivity contribution in [1.82, 2.24) is 5.32 Å². The molecule has 1 aromatic heterocycles. The van der Waals surface area contributed by atoms with Crippen LogP contribution in [0.15, 0.2) is 46.7 Å². The monoisotopic (exact) mass is 337 g/mol. The van der Waals surface area contributed by atoms with Gasteiger partial charge in [0, 0.05) is 11.3 Å². The van der Waals surface area contributed by atoms with Crippen LogP contribution >= 0.6 is 11.3 Å². The number of amides is 1. The highest BCUT2D eigenvalue weighted by Crippen LogP contribution is 2.18. The molecule has 0 bridgehead atoms. The molecule has 1 heterocycles. The highest BCUT2D eigenvalue weighted by Gasteiger charge is 2.17. The van der Waals surface area contributed by atoms with Gasteiger partial charge in [-0.05, 0) is 37.4 Å². The summed E-state index contributed by atoms with van der Waals surface area (Å²) in [5, 5.41) is 4.77. The van der Waals surface area contributed by atoms with E-state index in [4.69, 9.17) is 0 Å². The minimum Gasteiger partial charge on any atom is -0.349 e. The molecule has 0 aliphatic heterocycles. The van der Waals surface area contributed by atoms with Crippen molar-refractivity contribution in [2.75, 3.05) is 5.75 Å². The van der Waals surface area contributed by atoms with Crippen LogP contribution in [0.2, 0.25) is 0 Å². The number of aryl methyl sites for hydroxylation is 1. The van der Waals surface area contributed by atoms with Crippen LogP contribution in [0.3, 0.4) is 0 Å². The minimum atomic E-state index is -3.42. The van der Waals surface area contributed by atoms with Crippen molar-refractivity contribution < 1.29 is 13.2 Å². The van der Waals surface area contributed by atoms with Crippen molar-refractivity contribution in [3.63, 3.8) is 0 Å². The van der Waals surface area contributed by atoms with Crippen LogP contribution < -0.4 is 5.32 Å². The average Bonchev–Trinajstić information content (AvgIpc) is 3.00. The van der Waals surface area contributed by atoms with Crippen LogP contribution in [-0.2, 0) is 14.6 Å². The lowest BCUT2D eigenvalue weighted by Crippen LogP contribution is -2.27. The van der Waals surface area contributed by atoms with E-state index in [1.165, 1.54) is 0 Å². The number of hydrogen-bond donors (Lipinski definition) is 1. The Morgan fingerprint density at radius 1 is 1.23 bits per heavy atom. The second-order valence-electron chi connectivity index (χ2n) is 5.19. The number of thiophene rings is 1. The molecule has 0 saturated carbocycles. The third kappa shape index (κ3) is 4.42. The van der Waals surface area contributed by atoms with E-state index in [2.05, 4.69) is 5.32 Å². The van der Waals surface area contributed by atoms with Crippen molar-refractivity contribution in [3.05, 3.63) is 52.2 Å². The van der Waals surface area contributed by atoms with E-state index < -0.39 is 9.84 Å². The van der Waals surface area contributed by atoms with Crippen LogP contribution in [0, 0.1) is 6.92 Å². The highest BCUT2D eigenvalue weighted by molar-refractivity contribution is 7.91. The Morgan fingerprint density at radius 2 is 1.91 bits per heavy atom. The summed E-state index contributed by atoms with van der Waals surface area (Å²) < 4.78 is 24.4. The van der Waals surface area contributed by atoms with E-state index in [-0.39, 0.29) is 29.0 Å². The quantitative estimate of drug-likeness (QED) is 0.881. The largest absolute Gasteiger partial charge is 0.349 e. The number of benzene rings is 1. The lowest BCUT2D eigenvalue weighted by Gasteiger charge is -2.12. The SMILES string of the molecule is Cc1ccc(S(=O)(=O)CCC(=O)N[C@H](C)c2cccs2)cc1. The third-order valence-corrected chi connectivity index (χ3v) is 6.11. The van der Waals surface area contributed by atoms with E-state index in [1.807, 2.05) is 31.4 Å². The molecule has 1 aromatic carbocycles. The zero-order valence-electron chi connectivity index (χ0n) is 12.6. The second-order valence-corrected chi connectivity index (χ2v) is 8.27. The van der Waals surface area contributed by atoms with Crippen LogP contribution in [0.5, 0.6) is 0 Å². The molecule has 0 fully saturated rings. The van der Waals surface area contributed by atoms with Crippen LogP contribution in [0.4, 0.5) is 0 Å². The number of nitrogens with one attached hydrogen (secondary N) is 1. The zero-order valence-corrected chi connectivity index (χ0v) is 14.2. The highest BCUT2D eigenvalue weighted by atomic mass is 32.2. The van der Waals surface area contributed by atoms with Gasteiger partial charge in [-0.15, -0.1) is 11.3 Å². The first-order chi connectivity index (χ1) is 10.4. The number of carbonyl (C=O) groups is 1. The summed E-state index contributed by atoms with van der Waals surface area (Å²) in [5.41, 5.74) is 1.00. The van der Waals surface area contributed by atoms with Crippen LogP contribution in [-0.4, -0.2) is 20.1 Å². The van der Waals surface area contributed by atoms with Gasteiger partial charge in [-0.2, -0.15) is 0 Å². The van der Waals surface area contributed by atoms with E-state index >= 15 is 0 Å². The Balaban J connectivity index is 1.91. The molecule has 0 radical (unpaired) electrons. The standard InChI is InChI=1S/C16H19NO3S2/c1-12-5-7-14(8-6-12)22(19,20)11-9-16(18)17-13(2)15-4-3-10-21-15/h3-8,10,13H,9,11H2,1-2H3,(H,17,18)/t13-/m1/s1. The molecule has 0 unspecified atom stereocenters. The predicted molar refractivity (Wildman–Crippen MR) is 88.7 cm³/mol. The molecule has 2 aromatic rings. The Kier molecular flexibility index (Phi) is 5.37. The summed E-state index contributed by atoms with van der Waals surface area (Å²) in [4.78, 5) is 13.2. The van der Waals surface area contributed by atoms with Crippen molar-refractivity contribution in [2.45, 2.75) is 31.2 Å². The Hall–Kier alpha value is -1.66. The zero-order chi connectivity index (χ0) is 16.2. The van der Waals surface area contributed by atoms with Crippen molar-refractivity contribution in [3.8, 4) is 0 Å². The van der Waals surface area contributed by atoms with Gasteiger partial charge in [0.2, 0.25) is 5.91 Å². The Bertz CT molecular complexity index is 719. The Morgan fingerprint density at radius 3 is 2.50 bits per heavy atom. The summed E-state index contributed by atoms with van der Waals surface area (Å²) in [5.74, 6) is -0.435. The number of rotatable bonds is 6. The lowest BCUT2D eigenvalue weighted by atomic mass is 10.2. The van der Waals surface area contributed by atoms with E-state index in [9.17, 15) is 13.2 Å². The van der Waals surface area contributed by atoms with E-state index in [1.54, 1.807) is 35.6 Å². The number of hydrogen-bond acceptors (Lipinski definition) is 4. The van der Waals surface area contributed by atoms with Gasteiger partial charge in [0.25, 0.3) is 0 Å². The average molecular weight is 337 g/mol. The molecule has 22 heavy (non-hydrogen) atoms. The van der Waals surface area contributed by atoms with Gasteiger partial charge in [-0.3, -0.25) is 4.79 Å². The second kappa shape index (κ2) is 7.07. The first kappa shape index (κ1) is 16.7. The van der Waals surface area contributed by atoms with Gasteiger partial charge < -0.3 is 5.32 Å². The van der Waals surface area contributed by atoms with Gasteiger partial charge in [0.1, 0.15) is 0 Å². The molecule has 4 nitrogen and oxygen atoms in total. The molecule has 0 aliphatic carbocycles. The molecule has 0 aliphatic rings.